The van der Waals surface area contributed by atoms with Crippen LogP contribution in [-0.4, -0.2) is 29.3 Å². The summed E-state index contributed by atoms with van der Waals surface area (Å²) in [4.78, 5) is 2.61. The van der Waals surface area contributed by atoms with Crippen molar-refractivity contribution in [2.45, 2.75) is 56.4 Å². The molecule has 2 heterocycles. The van der Waals surface area contributed by atoms with E-state index in [1.54, 1.807) is 0 Å². The molecule has 0 N–H and O–H groups in total. The molecule has 2 fully saturated rings. The number of fused-ring (bicyclic) bond motifs is 2. The van der Waals surface area contributed by atoms with Gasteiger partial charge in [-0.2, -0.15) is 12.6 Å². The molecule has 0 spiro atoms. The lowest BCUT2D eigenvalue weighted by Crippen LogP contribution is -2.40. The van der Waals surface area contributed by atoms with E-state index in [0.717, 1.165) is 18.0 Å². The van der Waals surface area contributed by atoms with Gasteiger partial charge in [-0.25, -0.2) is 0 Å². The van der Waals surface area contributed by atoms with E-state index in [2.05, 4.69) is 31.5 Å². The summed E-state index contributed by atoms with van der Waals surface area (Å²) < 4.78 is 0. The van der Waals surface area contributed by atoms with Crippen LogP contribution in [0.4, 0.5) is 0 Å². The highest BCUT2D eigenvalue weighted by molar-refractivity contribution is 7.80. The van der Waals surface area contributed by atoms with Crippen LogP contribution in [0.1, 0.15) is 39.0 Å². The second-order valence-electron chi connectivity index (χ2n) is 4.97. The quantitative estimate of drug-likeness (QED) is 0.669. The van der Waals surface area contributed by atoms with Crippen molar-refractivity contribution in [1.29, 1.82) is 0 Å². The van der Waals surface area contributed by atoms with Crippen molar-refractivity contribution < 1.29 is 0 Å². The summed E-state index contributed by atoms with van der Waals surface area (Å²) in [6.07, 6.45) is 7.07. The molecule has 4 atom stereocenters. The fourth-order valence-electron chi connectivity index (χ4n) is 3.20. The number of piperidine rings is 1. The van der Waals surface area contributed by atoms with E-state index in [9.17, 15) is 0 Å². The zero-order valence-corrected chi connectivity index (χ0v) is 9.63. The van der Waals surface area contributed by atoms with Crippen molar-refractivity contribution in [3.63, 3.8) is 0 Å². The molecular formula is C11H21NS. The van der Waals surface area contributed by atoms with Crippen LogP contribution in [0.3, 0.4) is 0 Å². The predicted molar refractivity (Wildman–Crippen MR) is 60.4 cm³/mol. The van der Waals surface area contributed by atoms with E-state index in [1.807, 2.05) is 0 Å². The lowest BCUT2D eigenvalue weighted by atomic mass is 9.88. The number of hydrogen-bond donors (Lipinski definition) is 1. The minimum atomic E-state index is 0.591. The molecule has 0 radical (unpaired) electrons. The first-order valence-electron chi connectivity index (χ1n) is 5.57. The Morgan fingerprint density at radius 3 is 2.31 bits per heavy atom. The van der Waals surface area contributed by atoms with Crippen molar-refractivity contribution in [1.82, 2.24) is 4.90 Å². The van der Waals surface area contributed by atoms with E-state index in [1.165, 1.54) is 32.1 Å². The molecule has 2 aliphatic heterocycles. The molecule has 1 nitrogen and oxygen atoms in total. The maximum absolute atomic E-state index is 4.50. The average Bonchev–Trinajstić information content (AvgIpc) is 2.33. The monoisotopic (exact) mass is 199 g/mol. The summed E-state index contributed by atoms with van der Waals surface area (Å²) in [6.45, 7) is 2.23. The number of hydrogen-bond acceptors (Lipinski definition) is 2. The highest BCUT2D eigenvalue weighted by Gasteiger charge is 2.38. The molecular weight excluding hydrogens is 178 g/mol. The summed E-state index contributed by atoms with van der Waals surface area (Å²) in [6, 6.07) is 1.80. The first kappa shape index (κ1) is 9.85. The van der Waals surface area contributed by atoms with Crippen LogP contribution in [0.5, 0.6) is 0 Å². The minimum Gasteiger partial charge on any atom is -0.300 e. The summed E-state index contributed by atoms with van der Waals surface area (Å²) in [5.41, 5.74) is 0. The van der Waals surface area contributed by atoms with E-state index >= 15 is 0 Å². The lowest BCUT2D eigenvalue weighted by Gasteiger charge is -2.36. The zero-order chi connectivity index (χ0) is 9.42. The molecule has 13 heavy (non-hydrogen) atoms. The molecule has 2 bridgehead atoms. The zero-order valence-electron chi connectivity index (χ0n) is 8.74. The second-order valence-corrected chi connectivity index (χ2v) is 5.85. The fourth-order valence-corrected chi connectivity index (χ4v) is 3.50. The SMILES string of the molecule is CC(S)C[C@@H]1C[C@H]2CC[C@@H](C1)N2C. The van der Waals surface area contributed by atoms with E-state index < -0.39 is 0 Å². The third kappa shape index (κ3) is 2.04. The molecule has 0 aromatic rings. The molecule has 2 rings (SSSR count). The van der Waals surface area contributed by atoms with Crippen LogP contribution in [0.15, 0.2) is 0 Å². The van der Waals surface area contributed by atoms with Gasteiger partial charge in [-0.15, -0.1) is 0 Å². The van der Waals surface area contributed by atoms with Crippen LogP contribution in [0.2, 0.25) is 0 Å². The lowest BCUT2D eigenvalue weighted by molar-refractivity contribution is 0.130. The predicted octanol–water partition coefficient (Wildman–Crippen LogP) is 2.57. The third-order valence-corrected chi connectivity index (χ3v) is 4.08. The average molecular weight is 199 g/mol. The Kier molecular flexibility index (Phi) is 2.89. The summed E-state index contributed by atoms with van der Waals surface area (Å²) in [5.74, 6) is 0.959. The topological polar surface area (TPSA) is 3.24 Å². The van der Waals surface area contributed by atoms with Gasteiger partial charge in [0.15, 0.2) is 0 Å². The largest absolute Gasteiger partial charge is 0.300 e. The van der Waals surface area contributed by atoms with Gasteiger partial charge in [-0.1, -0.05) is 6.92 Å². The Hall–Kier alpha value is 0.310. The first-order chi connectivity index (χ1) is 6.16. The van der Waals surface area contributed by atoms with Crippen molar-refractivity contribution in [2.75, 3.05) is 7.05 Å². The standard InChI is InChI=1S/C11H21NS/c1-8(13)5-9-6-10-3-4-11(7-9)12(10)2/h8-11,13H,3-7H2,1-2H3/t8?,9-,10-,11+. The van der Waals surface area contributed by atoms with Gasteiger partial charge in [0.25, 0.3) is 0 Å². The number of thiol groups is 1. The molecule has 1 unspecified atom stereocenters. The fraction of sp³-hybridized carbons (Fsp3) is 1.00. The first-order valence-corrected chi connectivity index (χ1v) is 6.08. The van der Waals surface area contributed by atoms with Crippen LogP contribution >= 0.6 is 12.6 Å². The Labute approximate surface area is 87.3 Å². The van der Waals surface area contributed by atoms with Gasteiger partial charge in [-0.05, 0) is 50.3 Å². The van der Waals surface area contributed by atoms with Crippen molar-refractivity contribution in [3.05, 3.63) is 0 Å². The number of nitrogens with zero attached hydrogens (tertiary/aromatic N) is 1. The van der Waals surface area contributed by atoms with Crippen molar-refractivity contribution in [2.24, 2.45) is 5.92 Å². The van der Waals surface area contributed by atoms with Crippen LogP contribution < -0.4 is 0 Å². The van der Waals surface area contributed by atoms with Gasteiger partial charge in [0, 0.05) is 12.1 Å². The molecule has 0 amide bonds. The highest BCUT2D eigenvalue weighted by Crippen LogP contribution is 2.39. The Bertz CT molecular complexity index is 167. The molecule has 0 saturated carbocycles. The maximum Gasteiger partial charge on any atom is 0.00983 e. The Morgan fingerprint density at radius 1 is 1.31 bits per heavy atom. The number of rotatable bonds is 2. The Morgan fingerprint density at radius 2 is 1.85 bits per heavy atom. The summed E-state index contributed by atoms with van der Waals surface area (Å²) in [5, 5.41) is 0.591. The molecule has 2 heteroatoms. The molecule has 0 aliphatic carbocycles. The van der Waals surface area contributed by atoms with Crippen molar-refractivity contribution in [3.8, 4) is 0 Å². The maximum atomic E-state index is 4.50. The van der Waals surface area contributed by atoms with Crippen molar-refractivity contribution >= 4 is 12.6 Å². The van der Waals surface area contributed by atoms with E-state index in [-0.39, 0.29) is 0 Å². The Balaban J connectivity index is 1.91. The molecule has 76 valence electrons. The summed E-state index contributed by atoms with van der Waals surface area (Å²) in [7, 11) is 2.31. The normalized spacial score (nSPS) is 42.2. The third-order valence-electron chi connectivity index (χ3n) is 3.87. The smallest absolute Gasteiger partial charge is 0.00983 e. The minimum absolute atomic E-state index is 0.591. The van der Waals surface area contributed by atoms with Crippen LogP contribution in [0, 0.1) is 5.92 Å². The van der Waals surface area contributed by atoms with Gasteiger partial charge in [0.1, 0.15) is 0 Å². The van der Waals surface area contributed by atoms with Gasteiger partial charge in [-0.3, -0.25) is 0 Å². The van der Waals surface area contributed by atoms with E-state index in [4.69, 9.17) is 0 Å². The van der Waals surface area contributed by atoms with Crippen LogP contribution in [-0.2, 0) is 0 Å². The summed E-state index contributed by atoms with van der Waals surface area (Å²) >= 11 is 4.50. The molecule has 0 aromatic heterocycles. The molecule has 2 aliphatic rings. The molecule has 2 saturated heterocycles. The second kappa shape index (κ2) is 3.82. The van der Waals surface area contributed by atoms with E-state index in [0.29, 0.717) is 5.25 Å². The molecule has 0 aromatic carbocycles. The van der Waals surface area contributed by atoms with Gasteiger partial charge in [0.2, 0.25) is 0 Å². The van der Waals surface area contributed by atoms with Crippen LogP contribution in [0.25, 0.3) is 0 Å². The van der Waals surface area contributed by atoms with Gasteiger partial charge < -0.3 is 4.90 Å². The van der Waals surface area contributed by atoms with Gasteiger partial charge >= 0.3 is 0 Å². The van der Waals surface area contributed by atoms with Gasteiger partial charge in [0.05, 0.1) is 0 Å². The highest BCUT2D eigenvalue weighted by atomic mass is 32.1.